The van der Waals surface area contributed by atoms with Gasteiger partial charge in [0.05, 0.1) is 5.69 Å². The molecule has 0 amide bonds. The van der Waals surface area contributed by atoms with Gasteiger partial charge in [-0.05, 0) is 60.1 Å². The lowest BCUT2D eigenvalue weighted by atomic mass is 9.98. The van der Waals surface area contributed by atoms with E-state index in [1.54, 1.807) is 0 Å². The number of hydrogen-bond donors (Lipinski definition) is 1. The molecule has 1 heterocycles. The first-order chi connectivity index (χ1) is 15.2. The molecule has 3 nitrogen and oxygen atoms in total. The molecule has 2 aromatic carbocycles. The van der Waals surface area contributed by atoms with Crippen molar-refractivity contribution in [2.45, 2.75) is 64.2 Å². The lowest BCUT2D eigenvalue weighted by molar-refractivity contribution is -0.137. The van der Waals surface area contributed by atoms with Crippen molar-refractivity contribution in [2.75, 3.05) is 0 Å². The van der Waals surface area contributed by atoms with Gasteiger partial charge in [-0.2, -0.15) is 0 Å². The van der Waals surface area contributed by atoms with E-state index < -0.39 is 5.97 Å². The summed E-state index contributed by atoms with van der Waals surface area (Å²) in [6.07, 6.45) is 10.1. The van der Waals surface area contributed by atoms with Crippen LogP contribution in [-0.2, 0) is 17.6 Å². The van der Waals surface area contributed by atoms with E-state index in [1.807, 2.05) is 0 Å². The summed E-state index contributed by atoms with van der Waals surface area (Å²) < 4.78 is 0. The Bertz CT molecular complexity index is 1040. The van der Waals surface area contributed by atoms with Gasteiger partial charge in [0.2, 0.25) is 0 Å². The molecule has 0 fully saturated rings. The van der Waals surface area contributed by atoms with Gasteiger partial charge >= 0.3 is 5.97 Å². The zero-order valence-corrected chi connectivity index (χ0v) is 18.1. The minimum absolute atomic E-state index is 0.304. The van der Waals surface area contributed by atoms with Crippen LogP contribution in [0.25, 0.3) is 22.4 Å². The van der Waals surface area contributed by atoms with E-state index in [-0.39, 0.29) is 0 Å². The van der Waals surface area contributed by atoms with Crippen LogP contribution < -0.4 is 0 Å². The summed E-state index contributed by atoms with van der Waals surface area (Å²) in [6.45, 7) is 0. The van der Waals surface area contributed by atoms with Crippen molar-refractivity contribution in [3.05, 3.63) is 77.5 Å². The number of carbonyl (C=O) groups is 1. The second kappa shape index (κ2) is 10.4. The first kappa shape index (κ1) is 21.3. The maximum atomic E-state index is 10.5. The minimum atomic E-state index is -0.681. The Morgan fingerprint density at radius 2 is 1.42 bits per heavy atom. The highest BCUT2D eigenvalue weighted by Gasteiger charge is 2.21. The number of carboxylic acid groups (broad SMARTS) is 1. The molecule has 4 rings (SSSR count). The van der Waals surface area contributed by atoms with Crippen LogP contribution in [0.1, 0.15) is 68.2 Å². The molecule has 0 bridgehead atoms. The highest BCUT2D eigenvalue weighted by molar-refractivity contribution is 5.83. The normalized spacial score (nSPS) is 11.9. The number of aromatic nitrogens is 1. The fourth-order valence-corrected chi connectivity index (χ4v) is 4.63. The van der Waals surface area contributed by atoms with Gasteiger partial charge in [0.15, 0.2) is 0 Å². The Morgan fingerprint density at radius 1 is 0.742 bits per heavy atom. The monoisotopic (exact) mass is 413 g/mol. The van der Waals surface area contributed by atoms with E-state index in [0.717, 1.165) is 44.2 Å². The van der Waals surface area contributed by atoms with E-state index >= 15 is 0 Å². The third-order valence-corrected chi connectivity index (χ3v) is 6.26. The summed E-state index contributed by atoms with van der Waals surface area (Å²) in [5, 5.41) is 8.67. The number of aryl methyl sites for hydroxylation is 1. The van der Waals surface area contributed by atoms with Gasteiger partial charge in [-0.1, -0.05) is 80.6 Å². The van der Waals surface area contributed by atoms with E-state index in [4.69, 9.17) is 10.1 Å². The number of fused-ring (bicyclic) bond motifs is 3. The Kier molecular flexibility index (Phi) is 7.14. The molecule has 1 N–H and O–H groups in total. The largest absolute Gasteiger partial charge is 0.481 e. The van der Waals surface area contributed by atoms with Crippen molar-refractivity contribution in [1.82, 2.24) is 4.98 Å². The number of rotatable bonds is 11. The van der Waals surface area contributed by atoms with Crippen molar-refractivity contribution in [1.29, 1.82) is 0 Å². The van der Waals surface area contributed by atoms with Gasteiger partial charge in [-0.15, -0.1) is 0 Å². The van der Waals surface area contributed by atoms with Crippen molar-refractivity contribution in [3.8, 4) is 22.4 Å². The molecule has 1 aliphatic carbocycles. The van der Waals surface area contributed by atoms with Gasteiger partial charge in [0, 0.05) is 17.7 Å². The van der Waals surface area contributed by atoms with Gasteiger partial charge in [0.25, 0.3) is 0 Å². The van der Waals surface area contributed by atoms with Gasteiger partial charge in [0.1, 0.15) is 0 Å². The predicted octanol–water partition coefficient (Wildman–Crippen LogP) is 7.07. The molecule has 1 aliphatic rings. The SMILES string of the molecule is O=C(O)CCCCCCCCCc1cccc(-c2cccc3c2Cc2ccccc2-3)n1. The average molecular weight is 414 g/mol. The van der Waals surface area contributed by atoms with Crippen molar-refractivity contribution in [3.63, 3.8) is 0 Å². The van der Waals surface area contributed by atoms with Crippen LogP contribution in [-0.4, -0.2) is 16.1 Å². The van der Waals surface area contributed by atoms with Crippen LogP contribution in [0, 0.1) is 0 Å². The summed E-state index contributed by atoms with van der Waals surface area (Å²) in [5.74, 6) is -0.681. The molecule has 1 aromatic heterocycles. The highest BCUT2D eigenvalue weighted by Crippen LogP contribution is 2.40. The van der Waals surface area contributed by atoms with E-state index in [2.05, 4.69) is 60.7 Å². The second-order valence-corrected chi connectivity index (χ2v) is 8.55. The van der Waals surface area contributed by atoms with Crippen LogP contribution in [0.15, 0.2) is 60.7 Å². The molecular weight excluding hydrogens is 382 g/mol. The molecule has 0 atom stereocenters. The summed E-state index contributed by atoms with van der Waals surface area (Å²) in [7, 11) is 0. The lowest BCUT2D eigenvalue weighted by Gasteiger charge is -2.10. The lowest BCUT2D eigenvalue weighted by Crippen LogP contribution is -1.95. The Labute approximate surface area is 185 Å². The fraction of sp³-hybridized carbons (Fsp3) is 0.357. The van der Waals surface area contributed by atoms with Crippen molar-refractivity contribution < 1.29 is 9.90 Å². The van der Waals surface area contributed by atoms with E-state index in [0.29, 0.717) is 6.42 Å². The molecule has 0 saturated heterocycles. The number of pyridine rings is 1. The molecular formula is C28H31NO2. The molecule has 0 saturated carbocycles. The van der Waals surface area contributed by atoms with Crippen LogP contribution in [0.5, 0.6) is 0 Å². The van der Waals surface area contributed by atoms with Gasteiger partial charge < -0.3 is 5.11 Å². The molecule has 160 valence electrons. The number of benzene rings is 2. The number of carboxylic acids is 1. The fourth-order valence-electron chi connectivity index (χ4n) is 4.63. The summed E-state index contributed by atoms with van der Waals surface area (Å²) >= 11 is 0. The molecule has 3 aromatic rings. The quantitative estimate of drug-likeness (QED) is 0.268. The van der Waals surface area contributed by atoms with Crippen molar-refractivity contribution in [2.24, 2.45) is 0 Å². The summed E-state index contributed by atoms with van der Waals surface area (Å²) in [5.41, 5.74) is 9.03. The maximum Gasteiger partial charge on any atom is 0.303 e. The zero-order chi connectivity index (χ0) is 21.5. The van der Waals surface area contributed by atoms with Crippen LogP contribution >= 0.6 is 0 Å². The second-order valence-electron chi connectivity index (χ2n) is 8.55. The standard InChI is InChI=1S/C28H31NO2/c30-28(31)19-7-5-3-1-2-4-6-13-22-14-10-18-27(29-22)25-17-11-16-24-23-15-9-8-12-21(23)20-26(24)25/h8-12,14-18H,1-7,13,19-20H2,(H,30,31). The van der Waals surface area contributed by atoms with Crippen molar-refractivity contribution >= 4 is 5.97 Å². The smallest absolute Gasteiger partial charge is 0.303 e. The number of hydrogen-bond acceptors (Lipinski definition) is 2. The first-order valence-electron chi connectivity index (χ1n) is 11.6. The minimum Gasteiger partial charge on any atom is -0.481 e. The zero-order valence-electron chi connectivity index (χ0n) is 18.1. The first-order valence-corrected chi connectivity index (χ1v) is 11.6. The summed E-state index contributed by atoms with van der Waals surface area (Å²) in [6, 6.07) is 21.7. The Balaban J connectivity index is 1.31. The molecule has 3 heteroatoms. The van der Waals surface area contributed by atoms with Crippen LogP contribution in [0.4, 0.5) is 0 Å². The number of unbranched alkanes of at least 4 members (excludes halogenated alkanes) is 6. The Hall–Kier alpha value is -2.94. The number of aliphatic carboxylic acids is 1. The van der Waals surface area contributed by atoms with Crippen LogP contribution in [0.2, 0.25) is 0 Å². The molecule has 0 radical (unpaired) electrons. The van der Waals surface area contributed by atoms with E-state index in [1.165, 1.54) is 52.8 Å². The van der Waals surface area contributed by atoms with Crippen LogP contribution in [0.3, 0.4) is 0 Å². The average Bonchev–Trinajstić information content (AvgIpc) is 3.17. The highest BCUT2D eigenvalue weighted by atomic mass is 16.4. The van der Waals surface area contributed by atoms with E-state index in [9.17, 15) is 4.79 Å². The third-order valence-electron chi connectivity index (χ3n) is 6.26. The summed E-state index contributed by atoms with van der Waals surface area (Å²) in [4.78, 5) is 15.5. The molecule has 0 unspecified atom stereocenters. The Morgan fingerprint density at radius 3 is 2.26 bits per heavy atom. The predicted molar refractivity (Wildman–Crippen MR) is 126 cm³/mol. The molecule has 0 aliphatic heterocycles. The topological polar surface area (TPSA) is 50.2 Å². The number of nitrogens with zero attached hydrogens (tertiary/aromatic N) is 1. The molecule has 0 spiro atoms. The van der Waals surface area contributed by atoms with Gasteiger partial charge in [-0.3, -0.25) is 9.78 Å². The maximum absolute atomic E-state index is 10.5. The third kappa shape index (κ3) is 5.41. The molecule has 31 heavy (non-hydrogen) atoms. The van der Waals surface area contributed by atoms with Gasteiger partial charge in [-0.25, -0.2) is 0 Å².